The molecule has 2 saturated carbocycles. The molecule has 7 nitrogen and oxygen atoms in total. The van der Waals surface area contributed by atoms with E-state index in [9.17, 15) is 15.5 Å². The smallest absolute Gasteiger partial charge is 0.235 e. The van der Waals surface area contributed by atoms with Crippen molar-refractivity contribution in [3.63, 3.8) is 0 Å². The Bertz CT molecular complexity index is 558. The average molecular weight is 323 g/mol. The van der Waals surface area contributed by atoms with Gasteiger partial charge in [0, 0.05) is 25.9 Å². The van der Waals surface area contributed by atoms with Crippen molar-refractivity contribution < 1.29 is 19.8 Å². The fourth-order valence-corrected chi connectivity index (χ4v) is 5.37. The van der Waals surface area contributed by atoms with Crippen molar-refractivity contribution in [3.8, 4) is 0 Å². The SMILES string of the molecule is [O-][N+]1=C2CCC/C(=N/O)[C@]2(O)[C@H]2CCCC[C@]21N1CCOCC1. The largest absolute Gasteiger partial charge is 0.622 e. The first-order chi connectivity index (χ1) is 11.2. The zero-order valence-corrected chi connectivity index (χ0v) is 13.4. The van der Waals surface area contributed by atoms with Crippen molar-refractivity contribution in [1.82, 2.24) is 4.90 Å². The van der Waals surface area contributed by atoms with Crippen LogP contribution in [0.3, 0.4) is 0 Å². The standard InChI is InChI=1S/C16H25N3O4/c20-16-12-4-1-2-7-15(12,18-8-10-23-11-9-18)19(22)14(16)6-3-5-13(16)17-21/h12,20-21H,1-11H2/b17-13-/t12-,15+,16+/m0/s1. The molecule has 0 aromatic rings. The van der Waals surface area contributed by atoms with Crippen molar-refractivity contribution in [2.45, 2.75) is 56.2 Å². The Balaban J connectivity index is 1.85. The van der Waals surface area contributed by atoms with Gasteiger partial charge in [-0.15, -0.1) is 0 Å². The maximum Gasteiger partial charge on any atom is 0.235 e. The molecule has 4 rings (SSSR count). The van der Waals surface area contributed by atoms with Crippen LogP contribution in [0.5, 0.6) is 0 Å². The van der Waals surface area contributed by atoms with E-state index in [-0.39, 0.29) is 5.92 Å². The van der Waals surface area contributed by atoms with Crippen molar-refractivity contribution in [2.24, 2.45) is 11.1 Å². The minimum atomic E-state index is -1.37. The summed E-state index contributed by atoms with van der Waals surface area (Å²) in [5.41, 5.74) is -1.18. The first-order valence-electron chi connectivity index (χ1n) is 8.76. The Labute approximate surface area is 135 Å². The zero-order chi connectivity index (χ0) is 16.1. The Hall–Kier alpha value is -1.18. The molecular formula is C16H25N3O4. The molecule has 128 valence electrons. The van der Waals surface area contributed by atoms with Crippen LogP contribution in [0.4, 0.5) is 0 Å². The molecule has 0 unspecified atom stereocenters. The number of morpholine rings is 1. The molecule has 7 heteroatoms. The van der Waals surface area contributed by atoms with Crippen LogP contribution in [0.1, 0.15) is 44.9 Å². The van der Waals surface area contributed by atoms with Crippen LogP contribution in [0.25, 0.3) is 0 Å². The van der Waals surface area contributed by atoms with Crippen molar-refractivity contribution in [2.75, 3.05) is 26.3 Å². The zero-order valence-electron chi connectivity index (χ0n) is 13.4. The lowest BCUT2D eigenvalue weighted by molar-refractivity contribution is -0.591. The molecular weight excluding hydrogens is 298 g/mol. The third kappa shape index (κ3) is 1.87. The fourth-order valence-electron chi connectivity index (χ4n) is 5.37. The monoisotopic (exact) mass is 323 g/mol. The second-order valence-electron chi connectivity index (χ2n) is 7.18. The van der Waals surface area contributed by atoms with Crippen LogP contribution in [0, 0.1) is 11.1 Å². The van der Waals surface area contributed by atoms with E-state index in [0.29, 0.717) is 50.6 Å². The van der Waals surface area contributed by atoms with Crippen LogP contribution in [-0.4, -0.2) is 68.9 Å². The average Bonchev–Trinajstić information content (AvgIpc) is 2.82. The molecule has 2 aliphatic carbocycles. The van der Waals surface area contributed by atoms with E-state index in [4.69, 9.17) is 4.74 Å². The highest BCUT2D eigenvalue weighted by atomic mass is 16.5. The molecule has 2 aliphatic heterocycles. The lowest BCUT2D eigenvalue weighted by Gasteiger charge is -2.47. The van der Waals surface area contributed by atoms with Gasteiger partial charge in [-0.2, -0.15) is 4.74 Å². The molecule has 0 spiro atoms. The van der Waals surface area contributed by atoms with E-state index in [0.717, 1.165) is 36.8 Å². The predicted octanol–water partition coefficient (Wildman–Crippen LogP) is 0.915. The highest BCUT2D eigenvalue weighted by molar-refractivity contribution is 6.15. The highest BCUT2D eigenvalue weighted by Gasteiger charge is 2.71. The third-order valence-electron chi connectivity index (χ3n) is 6.33. The van der Waals surface area contributed by atoms with E-state index >= 15 is 0 Å². The van der Waals surface area contributed by atoms with Gasteiger partial charge in [-0.05, 0) is 25.7 Å². The number of rotatable bonds is 1. The summed E-state index contributed by atoms with van der Waals surface area (Å²) in [5.74, 6) is -0.222. The van der Waals surface area contributed by atoms with Gasteiger partial charge in [0.25, 0.3) is 0 Å². The molecule has 2 N–H and O–H groups in total. The van der Waals surface area contributed by atoms with Gasteiger partial charge < -0.3 is 20.3 Å². The Kier molecular flexibility index (Phi) is 3.62. The highest BCUT2D eigenvalue weighted by Crippen LogP contribution is 2.52. The van der Waals surface area contributed by atoms with Gasteiger partial charge in [-0.1, -0.05) is 11.6 Å². The predicted molar refractivity (Wildman–Crippen MR) is 83.7 cm³/mol. The summed E-state index contributed by atoms with van der Waals surface area (Å²) in [4.78, 5) is 2.21. The molecule has 0 radical (unpaired) electrons. The summed E-state index contributed by atoms with van der Waals surface area (Å²) < 4.78 is 6.57. The molecule has 0 aromatic carbocycles. The van der Waals surface area contributed by atoms with Crippen LogP contribution in [0.2, 0.25) is 0 Å². The molecule has 0 amide bonds. The van der Waals surface area contributed by atoms with Gasteiger partial charge in [0.15, 0.2) is 5.60 Å². The Morgan fingerprint density at radius 1 is 1.22 bits per heavy atom. The molecule has 0 bridgehead atoms. The first kappa shape index (κ1) is 15.4. The number of ether oxygens (including phenoxy) is 1. The van der Waals surface area contributed by atoms with E-state index in [1.807, 2.05) is 0 Å². The fraction of sp³-hybridized carbons (Fsp3) is 0.875. The summed E-state index contributed by atoms with van der Waals surface area (Å²) in [7, 11) is 0. The molecule has 0 aromatic heterocycles. The van der Waals surface area contributed by atoms with E-state index in [2.05, 4.69) is 10.1 Å². The third-order valence-corrected chi connectivity index (χ3v) is 6.33. The maximum atomic E-state index is 13.4. The summed E-state index contributed by atoms with van der Waals surface area (Å²) in [6.07, 6.45) is 5.42. The van der Waals surface area contributed by atoms with Crippen molar-refractivity contribution in [1.29, 1.82) is 0 Å². The minimum absolute atomic E-state index is 0.222. The molecule has 1 saturated heterocycles. The summed E-state index contributed by atoms with van der Waals surface area (Å²) in [6.45, 7) is 2.67. The lowest BCUT2D eigenvalue weighted by atomic mass is 9.65. The van der Waals surface area contributed by atoms with Gasteiger partial charge in [0.05, 0.1) is 24.8 Å². The Morgan fingerprint density at radius 3 is 2.74 bits per heavy atom. The second-order valence-corrected chi connectivity index (χ2v) is 7.18. The summed E-state index contributed by atoms with van der Waals surface area (Å²) >= 11 is 0. The maximum absolute atomic E-state index is 13.4. The van der Waals surface area contributed by atoms with Gasteiger partial charge in [-0.3, -0.25) is 0 Å². The number of oxime groups is 1. The van der Waals surface area contributed by atoms with Crippen molar-refractivity contribution in [3.05, 3.63) is 5.21 Å². The van der Waals surface area contributed by atoms with Crippen LogP contribution in [-0.2, 0) is 4.74 Å². The van der Waals surface area contributed by atoms with Gasteiger partial charge >= 0.3 is 0 Å². The van der Waals surface area contributed by atoms with E-state index in [1.54, 1.807) is 0 Å². The Morgan fingerprint density at radius 2 is 2.00 bits per heavy atom. The number of nitrogens with zero attached hydrogens (tertiary/aromatic N) is 3. The summed E-state index contributed by atoms with van der Waals surface area (Å²) in [6, 6.07) is 0. The molecule has 4 aliphatic rings. The normalized spacial score (nSPS) is 43.5. The van der Waals surface area contributed by atoms with Crippen LogP contribution >= 0.6 is 0 Å². The number of aliphatic hydroxyl groups is 1. The number of hydrogen-bond donors (Lipinski definition) is 2. The molecule has 3 atom stereocenters. The number of hydrogen-bond acceptors (Lipinski definition) is 6. The second kappa shape index (κ2) is 5.43. The van der Waals surface area contributed by atoms with Crippen LogP contribution in [0.15, 0.2) is 5.16 Å². The topological polar surface area (TPSA) is 91.4 Å². The molecule has 3 fully saturated rings. The van der Waals surface area contributed by atoms with E-state index in [1.165, 1.54) is 0 Å². The molecule has 23 heavy (non-hydrogen) atoms. The van der Waals surface area contributed by atoms with Gasteiger partial charge in [0.1, 0.15) is 0 Å². The quantitative estimate of drug-likeness (QED) is 0.324. The first-order valence-corrected chi connectivity index (χ1v) is 8.76. The summed E-state index contributed by atoms with van der Waals surface area (Å²) in [5, 5.41) is 37.7. The van der Waals surface area contributed by atoms with E-state index < -0.39 is 11.3 Å². The van der Waals surface area contributed by atoms with Crippen molar-refractivity contribution >= 4 is 11.4 Å². The lowest BCUT2D eigenvalue weighted by Crippen LogP contribution is -2.65. The number of hydroxylamine groups is 1. The number of fused-ring (bicyclic) bond motifs is 3. The molecule has 2 heterocycles. The van der Waals surface area contributed by atoms with Gasteiger partial charge in [0.2, 0.25) is 11.4 Å². The minimum Gasteiger partial charge on any atom is -0.622 e. The van der Waals surface area contributed by atoms with Crippen LogP contribution < -0.4 is 0 Å². The van der Waals surface area contributed by atoms with Gasteiger partial charge in [-0.25, -0.2) is 4.90 Å².